The van der Waals surface area contributed by atoms with Gasteiger partial charge in [-0.25, -0.2) is 0 Å². The first-order valence-corrected chi connectivity index (χ1v) is 16.9. The Morgan fingerprint density at radius 3 is 1.46 bits per heavy atom. The van der Waals surface area contributed by atoms with Gasteiger partial charge in [-0.05, 0) is 0 Å². The molecule has 5 aromatic carbocycles. The van der Waals surface area contributed by atoms with Crippen LogP contribution in [0.3, 0.4) is 0 Å². The van der Waals surface area contributed by atoms with Crippen LogP contribution in [0.5, 0.6) is 0 Å². The second-order valence-electron chi connectivity index (χ2n) is 9.21. The van der Waals surface area contributed by atoms with Crippen molar-refractivity contribution in [1.29, 1.82) is 0 Å². The third-order valence-electron chi connectivity index (χ3n) is 6.65. The summed E-state index contributed by atoms with van der Waals surface area (Å²) in [6.45, 7) is 0. The first kappa shape index (κ1) is 25.6. The summed E-state index contributed by atoms with van der Waals surface area (Å²) in [5.74, 6) is 0. The van der Waals surface area contributed by atoms with Gasteiger partial charge in [0.25, 0.3) is 0 Å². The summed E-state index contributed by atoms with van der Waals surface area (Å²) in [5.41, 5.74) is 1.23. The fourth-order valence-corrected chi connectivity index (χ4v) is 11.8. The fourth-order valence-electron chi connectivity index (χ4n) is 4.67. The van der Waals surface area contributed by atoms with Crippen LogP contribution in [0.1, 0.15) is 0 Å². The van der Waals surface area contributed by atoms with Crippen LogP contribution in [0, 0.1) is 7.14 Å². The Bertz CT molecular complexity index is 2230. The van der Waals surface area contributed by atoms with E-state index in [1.165, 1.54) is 12.1 Å². The zero-order valence-electron chi connectivity index (χ0n) is 21.1. The minimum atomic E-state index is -4.19. The molecule has 0 radical (unpaired) electrons. The number of hydrogen-bond donors (Lipinski definition) is 0. The van der Waals surface area contributed by atoms with E-state index >= 15 is 0 Å². The van der Waals surface area contributed by atoms with Gasteiger partial charge in [0.1, 0.15) is 0 Å². The first-order chi connectivity index (χ1) is 19.9. The summed E-state index contributed by atoms with van der Waals surface area (Å²) >= 11 is -3.32. The predicted molar refractivity (Wildman–Crippen MR) is 166 cm³/mol. The van der Waals surface area contributed by atoms with Gasteiger partial charge in [-0.1, -0.05) is 0 Å². The van der Waals surface area contributed by atoms with Crippen molar-refractivity contribution in [3.05, 3.63) is 143 Å². The Morgan fingerprint density at radius 2 is 0.951 bits per heavy atom. The monoisotopic (exact) mass is 674 g/mol. The summed E-state index contributed by atoms with van der Waals surface area (Å²) in [6.07, 6.45) is 0. The average molecular weight is 674 g/mol. The molecule has 2 aromatic heterocycles. The number of fused-ring (bicyclic) bond motifs is 4. The fraction of sp³-hybridized carbons (Fsp3) is 0. The Labute approximate surface area is 240 Å². The molecule has 2 heterocycles. The number of halogens is 1. The number of benzene rings is 5. The van der Waals surface area contributed by atoms with Crippen molar-refractivity contribution in [1.82, 2.24) is 0 Å². The Morgan fingerprint density at radius 1 is 0.512 bits per heavy atom. The van der Waals surface area contributed by atoms with Crippen LogP contribution in [0.25, 0.3) is 43.9 Å². The maximum absolute atomic E-state index is 13.5. The second kappa shape index (κ2) is 9.95. The summed E-state index contributed by atoms with van der Waals surface area (Å²) in [6, 6.07) is 31.8. The van der Waals surface area contributed by atoms with E-state index in [0.29, 0.717) is 51.0 Å². The molecule has 7 rings (SSSR count). The van der Waals surface area contributed by atoms with Crippen molar-refractivity contribution in [2.75, 3.05) is 0 Å². The Kier molecular flexibility index (Phi) is 6.22. The van der Waals surface area contributed by atoms with Crippen LogP contribution in [-0.4, -0.2) is 8.42 Å². The Balaban J connectivity index is 1.45. The third kappa shape index (κ3) is 4.51. The molecule has 0 amide bonds. The van der Waals surface area contributed by atoms with Crippen molar-refractivity contribution in [3.8, 4) is 0 Å². The van der Waals surface area contributed by atoms with Crippen molar-refractivity contribution < 1.29 is 19.8 Å². The van der Waals surface area contributed by atoms with E-state index in [2.05, 4.69) is 0 Å². The minimum absolute atomic E-state index is 0.0138. The number of para-hydroxylation sites is 2. The molecule has 0 aliphatic rings. The van der Waals surface area contributed by atoms with Gasteiger partial charge < -0.3 is 0 Å². The number of hydrogen-bond acceptors (Lipinski definition) is 7. The van der Waals surface area contributed by atoms with Gasteiger partial charge in [0, 0.05) is 0 Å². The van der Waals surface area contributed by atoms with Crippen LogP contribution < -0.4 is 10.9 Å². The van der Waals surface area contributed by atoms with E-state index in [9.17, 15) is 18.0 Å². The summed E-state index contributed by atoms with van der Waals surface area (Å²) < 4.78 is 45.9. The predicted octanol–water partition coefficient (Wildman–Crippen LogP) is 7.07. The first-order valence-electron chi connectivity index (χ1n) is 12.5. The second-order valence-corrected chi connectivity index (χ2v) is 15.7. The van der Waals surface area contributed by atoms with Crippen molar-refractivity contribution in [2.45, 2.75) is 4.90 Å². The van der Waals surface area contributed by atoms with E-state index in [1.807, 2.05) is 0 Å². The molecular formula is C32H19IO7S. The van der Waals surface area contributed by atoms with Gasteiger partial charge in [0.2, 0.25) is 0 Å². The summed E-state index contributed by atoms with van der Waals surface area (Å²) in [7, 11) is -4.19. The molecule has 0 saturated heterocycles. The van der Waals surface area contributed by atoms with Gasteiger partial charge >= 0.3 is 242 Å². The van der Waals surface area contributed by atoms with E-state index in [1.54, 1.807) is 103 Å². The SMILES string of the molecule is O=c1c2ccccc2oc2ccc(I(OS(=O)(=O)c3ccccc3)c3ccc4oc5ccccc5c(=O)c4c3)cc12. The molecule has 0 spiro atoms. The molecule has 7 aromatic rings. The van der Waals surface area contributed by atoms with Crippen LogP contribution in [-0.2, 0) is 12.6 Å². The van der Waals surface area contributed by atoms with E-state index in [0.717, 1.165) is 0 Å². The molecule has 7 nitrogen and oxygen atoms in total. The van der Waals surface area contributed by atoms with Crippen LogP contribution in [0.2, 0.25) is 0 Å². The molecule has 41 heavy (non-hydrogen) atoms. The van der Waals surface area contributed by atoms with Crippen molar-refractivity contribution in [2.24, 2.45) is 0 Å². The molecule has 0 N–H and O–H groups in total. The molecule has 0 aliphatic carbocycles. The van der Waals surface area contributed by atoms with Crippen LogP contribution >= 0.6 is 20.2 Å². The summed E-state index contributed by atoms with van der Waals surface area (Å²) in [5, 5.41) is 1.47. The number of rotatable bonds is 5. The van der Waals surface area contributed by atoms with Gasteiger partial charge in [-0.3, -0.25) is 0 Å². The van der Waals surface area contributed by atoms with Crippen molar-refractivity contribution in [3.63, 3.8) is 0 Å². The topological polar surface area (TPSA) is 104 Å². The molecule has 0 atom stereocenters. The average Bonchev–Trinajstić information content (AvgIpc) is 3.00. The van der Waals surface area contributed by atoms with E-state index in [-0.39, 0.29) is 15.8 Å². The molecule has 0 bridgehead atoms. The molecule has 0 fully saturated rings. The van der Waals surface area contributed by atoms with Crippen molar-refractivity contribution >= 4 is 74.2 Å². The summed E-state index contributed by atoms with van der Waals surface area (Å²) in [4.78, 5) is 26.8. The standard InChI is InChI=1S/C32H19IO7S/c34-31-23-10-4-6-12-27(23)38-29-16-14-20(18-25(29)31)33(40-41(36,37)22-8-2-1-3-9-22)21-15-17-30-26(19-21)32(35)24-11-5-7-13-28(24)39-30/h1-19H. The molecule has 9 heteroatoms. The molecule has 202 valence electrons. The van der Waals surface area contributed by atoms with Gasteiger partial charge in [0.15, 0.2) is 0 Å². The van der Waals surface area contributed by atoms with Crippen LogP contribution in [0.4, 0.5) is 0 Å². The van der Waals surface area contributed by atoms with Gasteiger partial charge in [-0.2, -0.15) is 0 Å². The van der Waals surface area contributed by atoms with E-state index < -0.39 is 30.4 Å². The molecule has 0 unspecified atom stereocenters. The van der Waals surface area contributed by atoms with Gasteiger partial charge in [-0.15, -0.1) is 0 Å². The quantitative estimate of drug-likeness (QED) is 0.142. The van der Waals surface area contributed by atoms with Gasteiger partial charge in [0.05, 0.1) is 0 Å². The molecular weight excluding hydrogens is 655 g/mol. The molecule has 0 saturated carbocycles. The Hall–Kier alpha value is -4.32. The normalized spacial score (nSPS) is 12.3. The van der Waals surface area contributed by atoms with E-state index in [4.69, 9.17) is 11.3 Å². The molecule has 0 aliphatic heterocycles. The zero-order chi connectivity index (χ0) is 28.1. The van der Waals surface area contributed by atoms with Crippen LogP contribution in [0.15, 0.2) is 139 Å². The maximum atomic E-state index is 13.5. The third-order valence-corrected chi connectivity index (χ3v) is 13.9. The zero-order valence-corrected chi connectivity index (χ0v) is 24.1.